The van der Waals surface area contributed by atoms with Crippen molar-refractivity contribution < 1.29 is 4.74 Å². The van der Waals surface area contributed by atoms with E-state index in [0.29, 0.717) is 0 Å². The van der Waals surface area contributed by atoms with Crippen LogP contribution >= 0.6 is 0 Å². The summed E-state index contributed by atoms with van der Waals surface area (Å²) in [4.78, 5) is 2.33. The number of fused-ring (bicyclic) bond motifs is 6. The molecule has 0 aliphatic carbocycles. The molecule has 1 aliphatic rings. The first-order chi connectivity index (χ1) is 23.8. The van der Waals surface area contributed by atoms with E-state index in [4.69, 9.17) is 4.74 Å². The van der Waals surface area contributed by atoms with Gasteiger partial charge >= 0.3 is 0 Å². The number of nitrogens with zero attached hydrogens (tertiary/aromatic N) is 1. The van der Waals surface area contributed by atoms with Gasteiger partial charge in [-0.05, 0) is 75.0 Å². The van der Waals surface area contributed by atoms with E-state index in [-0.39, 0.29) is 0 Å². The fourth-order valence-corrected chi connectivity index (χ4v) is 6.99. The van der Waals surface area contributed by atoms with Crippen LogP contribution < -0.4 is 9.64 Å². The molecule has 48 heavy (non-hydrogen) atoms. The largest absolute Gasteiger partial charge is 0.454 e. The van der Waals surface area contributed by atoms with Crippen molar-refractivity contribution >= 4 is 27.8 Å². The van der Waals surface area contributed by atoms with Gasteiger partial charge in [-0.25, -0.2) is 0 Å². The Morgan fingerprint density at radius 1 is 0.354 bits per heavy atom. The Bertz CT molecular complexity index is 2410. The Kier molecular flexibility index (Phi) is 6.84. The predicted octanol–water partition coefficient (Wildman–Crippen LogP) is 13.1. The second-order valence-corrected chi connectivity index (χ2v) is 12.1. The molecule has 2 nitrogen and oxygen atoms in total. The van der Waals surface area contributed by atoms with Crippen LogP contribution in [0, 0.1) is 0 Å². The Balaban J connectivity index is 1.29. The molecule has 0 saturated heterocycles. The zero-order valence-electron chi connectivity index (χ0n) is 26.3. The zero-order valence-corrected chi connectivity index (χ0v) is 26.3. The third kappa shape index (κ3) is 4.83. The molecule has 0 saturated carbocycles. The number of rotatable bonds is 5. The highest BCUT2D eigenvalue weighted by Gasteiger charge is 2.28. The van der Waals surface area contributed by atoms with Crippen molar-refractivity contribution in [3.05, 3.63) is 188 Å². The number of hydrogen-bond acceptors (Lipinski definition) is 2. The maximum Gasteiger partial charge on any atom is 0.159 e. The van der Waals surface area contributed by atoms with E-state index in [9.17, 15) is 0 Å². The van der Waals surface area contributed by atoms with Gasteiger partial charge in [0, 0.05) is 28.1 Å². The van der Waals surface area contributed by atoms with Gasteiger partial charge < -0.3 is 9.64 Å². The van der Waals surface area contributed by atoms with Crippen LogP contribution in [0.2, 0.25) is 0 Å². The van der Waals surface area contributed by atoms with Gasteiger partial charge in [0.15, 0.2) is 5.75 Å². The first kappa shape index (κ1) is 27.9. The Morgan fingerprint density at radius 2 is 0.938 bits per heavy atom. The van der Waals surface area contributed by atoms with Crippen molar-refractivity contribution in [3.8, 4) is 56.0 Å². The quantitative estimate of drug-likeness (QED) is 0.191. The molecule has 0 N–H and O–H groups in total. The molecule has 0 aromatic heterocycles. The molecular weight excluding hydrogens is 583 g/mol. The smallest absolute Gasteiger partial charge is 0.159 e. The van der Waals surface area contributed by atoms with Crippen molar-refractivity contribution in [3.63, 3.8) is 0 Å². The van der Waals surface area contributed by atoms with Crippen molar-refractivity contribution in [2.24, 2.45) is 0 Å². The summed E-state index contributed by atoms with van der Waals surface area (Å²) in [5.41, 5.74) is 12.3. The van der Waals surface area contributed by atoms with Crippen LogP contribution in [0.3, 0.4) is 0 Å². The summed E-state index contributed by atoms with van der Waals surface area (Å²) in [7, 11) is 0. The number of hydrogen-bond donors (Lipinski definition) is 0. The summed E-state index contributed by atoms with van der Waals surface area (Å²) < 4.78 is 7.07. The lowest BCUT2D eigenvalue weighted by Crippen LogP contribution is -2.11. The van der Waals surface area contributed by atoms with Gasteiger partial charge in [0.05, 0.1) is 5.69 Å². The van der Waals surface area contributed by atoms with E-state index in [1.165, 1.54) is 38.6 Å². The molecule has 0 radical (unpaired) electrons. The van der Waals surface area contributed by atoms with Gasteiger partial charge in [-0.15, -0.1) is 0 Å². The number of para-hydroxylation sites is 2. The number of benzene rings is 8. The van der Waals surface area contributed by atoms with Crippen LogP contribution in [-0.4, -0.2) is 0 Å². The molecule has 9 rings (SSSR count). The van der Waals surface area contributed by atoms with Crippen molar-refractivity contribution in [2.75, 3.05) is 4.90 Å². The summed E-state index contributed by atoms with van der Waals surface area (Å²) in [5.74, 6) is 1.67. The zero-order chi connectivity index (χ0) is 31.9. The molecule has 226 valence electrons. The van der Waals surface area contributed by atoms with Gasteiger partial charge in [0.25, 0.3) is 0 Å². The minimum absolute atomic E-state index is 0.828. The monoisotopic (exact) mass is 613 g/mol. The standard InChI is InChI=1S/C46H31NO/c1-3-13-32(14-4-1)34-25-28-37(29-26-34)47(38-30-27-33-15-7-8-18-36(33)31-38)43-23-12-22-41-40-21-11-20-39(35-16-5-2-6-17-35)45(40)42-19-9-10-24-44(42)48-46(41)43/h1-31H. The van der Waals surface area contributed by atoms with Crippen LogP contribution in [0.25, 0.3) is 55.3 Å². The summed E-state index contributed by atoms with van der Waals surface area (Å²) in [6.07, 6.45) is 0. The summed E-state index contributed by atoms with van der Waals surface area (Å²) in [6, 6.07) is 66.7. The molecule has 8 aromatic carbocycles. The SMILES string of the molecule is c1ccc(-c2ccc(N(c3ccc4ccccc4c3)c3cccc4c3Oc3ccccc3-c3c(-c5ccccc5)cccc3-4)cc2)cc1. The third-order valence-corrected chi connectivity index (χ3v) is 9.27. The van der Waals surface area contributed by atoms with Gasteiger partial charge in [-0.3, -0.25) is 0 Å². The minimum atomic E-state index is 0.828. The summed E-state index contributed by atoms with van der Waals surface area (Å²) in [6.45, 7) is 0. The van der Waals surface area contributed by atoms with Crippen LogP contribution in [0.4, 0.5) is 17.1 Å². The van der Waals surface area contributed by atoms with Crippen molar-refractivity contribution in [1.29, 1.82) is 0 Å². The van der Waals surface area contributed by atoms with Gasteiger partial charge in [0.2, 0.25) is 0 Å². The Labute approximate surface area is 280 Å². The van der Waals surface area contributed by atoms with E-state index < -0.39 is 0 Å². The predicted molar refractivity (Wildman–Crippen MR) is 200 cm³/mol. The highest BCUT2D eigenvalue weighted by Crippen LogP contribution is 2.54. The molecule has 8 aromatic rings. The van der Waals surface area contributed by atoms with E-state index in [2.05, 4.69) is 193 Å². The lowest BCUT2D eigenvalue weighted by Gasteiger charge is -2.28. The van der Waals surface area contributed by atoms with E-state index in [0.717, 1.165) is 45.3 Å². The lowest BCUT2D eigenvalue weighted by atomic mass is 9.87. The highest BCUT2D eigenvalue weighted by molar-refractivity contribution is 6.01. The van der Waals surface area contributed by atoms with Crippen LogP contribution in [0.5, 0.6) is 11.5 Å². The number of anilines is 3. The van der Waals surface area contributed by atoms with Gasteiger partial charge in [-0.2, -0.15) is 0 Å². The minimum Gasteiger partial charge on any atom is -0.454 e. The molecule has 1 heterocycles. The van der Waals surface area contributed by atoms with E-state index in [1.54, 1.807) is 0 Å². The van der Waals surface area contributed by atoms with Crippen LogP contribution in [0.15, 0.2) is 188 Å². The normalized spacial score (nSPS) is 11.5. The van der Waals surface area contributed by atoms with E-state index in [1.807, 2.05) is 0 Å². The summed E-state index contributed by atoms with van der Waals surface area (Å²) >= 11 is 0. The highest BCUT2D eigenvalue weighted by atomic mass is 16.5. The van der Waals surface area contributed by atoms with Crippen molar-refractivity contribution in [2.45, 2.75) is 0 Å². The average molecular weight is 614 g/mol. The average Bonchev–Trinajstić information content (AvgIpc) is 3.31. The number of ether oxygens (including phenoxy) is 1. The molecule has 0 fully saturated rings. The fourth-order valence-electron chi connectivity index (χ4n) is 6.99. The lowest BCUT2D eigenvalue weighted by molar-refractivity contribution is 0.489. The Morgan fingerprint density at radius 3 is 1.75 bits per heavy atom. The Hall–Kier alpha value is -6.38. The maximum absolute atomic E-state index is 7.07. The molecule has 0 amide bonds. The van der Waals surface area contributed by atoms with Gasteiger partial charge in [-0.1, -0.05) is 152 Å². The summed E-state index contributed by atoms with van der Waals surface area (Å²) in [5, 5.41) is 2.40. The molecular formula is C46H31NO. The third-order valence-electron chi connectivity index (χ3n) is 9.27. The van der Waals surface area contributed by atoms with Crippen LogP contribution in [0.1, 0.15) is 0 Å². The molecule has 2 heteroatoms. The van der Waals surface area contributed by atoms with E-state index >= 15 is 0 Å². The first-order valence-electron chi connectivity index (χ1n) is 16.4. The molecule has 0 bridgehead atoms. The second kappa shape index (κ2) is 11.8. The second-order valence-electron chi connectivity index (χ2n) is 12.1. The molecule has 0 unspecified atom stereocenters. The van der Waals surface area contributed by atoms with Gasteiger partial charge in [0.1, 0.15) is 5.75 Å². The topological polar surface area (TPSA) is 12.5 Å². The molecule has 1 aliphatic heterocycles. The van der Waals surface area contributed by atoms with Crippen molar-refractivity contribution in [1.82, 2.24) is 0 Å². The first-order valence-corrected chi connectivity index (χ1v) is 16.4. The van der Waals surface area contributed by atoms with Crippen LogP contribution in [-0.2, 0) is 0 Å². The molecule has 0 spiro atoms. The fraction of sp³-hybridized carbons (Fsp3) is 0. The molecule has 0 atom stereocenters. The maximum atomic E-state index is 7.07.